The zero-order valence-electron chi connectivity index (χ0n) is 90.7. The number of rotatable bonds is 0. The van der Waals surface area contributed by atoms with E-state index in [1.165, 1.54) is 137 Å². The molecule has 20 rings (SSSR count). The number of benzene rings is 8. The minimum Gasteiger partial charge on any atom is -0.493 e. The third-order valence-corrected chi connectivity index (χ3v) is 17.8. The second-order valence-corrected chi connectivity index (χ2v) is 23.9. The number of nitrogens with zero attached hydrogens (tertiary/aromatic N) is 6. The Hall–Kier alpha value is -9.69. The lowest BCUT2D eigenvalue weighted by Gasteiger charge is -1.94. The second kappa shape index (κ2) is 115. The number of aromatic amines is 2. The van der Waals surface area contributed by atoms with Gasteiger partial charge in [-0.15, -0.1) is 23.1 Å². The molecule has 0 unspecified atom stereocenters. The molecular weight excluding hydrogens is 1630 g/mol. The number of aromatic nitrogens is 8. The zero-order valence-corrected chi connectivity index (χ0v) is 92.3. The average molecular weight is 1820 g/mol. The second-order valence-electron chi connectivity index (χ2n) is 21.8. The van der Waals surface area contributed by atoms with E-state index in [1.54, 1.807) is 28.8 Å². The highest BCUT2D eigenvalue weighted by atomic mass is 32.2. The Morgan fingerprint density at radius 2 is 0.769 bits per heavy atom. The summed E-state index contributed by atoms with van der Waals surface area (Å²) in [6.45, 7) is 82.0. The number of pyridine rings is 2. The quantitative estimate of drug-likeness (QED) is 0.134. The van der Waals surface area contributed by atoms with Gasteiger partial charge in [0.1, 0.15) is 11.3 Å². The first-order valence-electron chi connectivity index (χ1n) is 51.1. The summed E-state index contributed by atoms with van der Waals surface area (Å²) in [7, 11) is 0. The van der Waals surface area contributed by atoms with Gasteiger partial charge in [0.15, 0.2) is 12.0 Å². The van der Waals surface area contributed by atoms with Crippen LogP contribution >= 0.6 is 23.1 Å². The van der Waals surface area contributed by atoms with E-state index in [1.807, 2.05) is 434 Å². The van der Waals surface area contributed by atoms with E-state index in [2.05, 4.69) is 142 Å². The van der Waals surface area contributed by atoms with Gasteiger partial charge in [0.25, 0.3) is 0 Å². The number of nitrogens with one attached hydrogen (secondary N) is 3. The summed E-state index contributed by atoms with van der Waals surface area (Å²) >= 11 is 3.64. The number of aryl methyl sites for hydroxylation is 7. The number of imidazole rings is 1. The molecule has 0 saturated heterocycles. The smallest absolute Gasteiger partial charge is 0.181 e. The van der Waals surface area contributed by atoms with Gasteiger partial charge < -0.3 is 19.5 Å². The highest BCUT2D eigenvalue weighted by molar-refractivity contribution is 7.99. The number of anilines is 1. The predicted molar refractivity (Wildman–Crippen MR) is 599 cm³/mol. The SMILES string of the molecule is CC.CC.CC.CC.CC.CC.CC.CC.CC.CC.CC.CC.CC.CC.CC.CC.CC.CC.CC.CC.c1cc2c(cn1)CCC2.c1ccc2[nH]cnc2c1.c1ccc2[nH]ncc2c1.c1ccc2c(c1)CCC2.c1ccc2c(c1)CCN2.c1ccc2c(c1)CCO2.c1ccc2c(c1)CCS2.c1ccc2ocnc2c1.c1ccc2scnc2c1.c1cnc2c(c1)CCC2. The average Bonchev–Trinajstić information content (AvgIpc) is 1.84. The monoisotopic (exact) mass is 1820 g/mol. The molecular formula is C117H195N9O2S2. The topological polar surface area (TPSA) is 143 Å². The molecule has 732 valence electrons. The number of H-pyrrole nitrogens is 2. The first-order chi connectivity index (χ1) is 64.7. The van der Waals surface area contributed by atoms with Crippen LogP contribution in [0.15, 0.2) is 265 Å². The van der Waals surface area contributed by atoms with Crippen LogP contribution in [0.2, 0.25) is 0 Å². The van der Waals surface area contributed by atoms with Gasteiger partial charge in [-0.3, -0.25) is 15.1 Å². The number of fused-ring (bicyclic) bond motifs is 10. The lowest BCUT2D eigenvalue weighted by atomic mass is 10.1. The molecule has 6 aliphatic rings. The number of hydrogen-bond acceptors (Lipinski definition) is 11. The van der Waals surface area contributed by atoms with E-state index in [0.717, 1.165) is 63.9 Å². The van der Waals surface area contributed by atoms with E-state index < -0.39 is 0 Å². The lowest BCUT2D eigenvalue weighted by Crippen LogP contribution is -1.90. The molecule has 3 aliphatic heterocycles. The van der Waals surface area contributed by atoms with Crippen LogP contribution in [-0.2, 0) is 57.8 Å². The molecule has 0 fully saturated rings. The van der Waals surface area contributed by atoms with Crippen LogP contribution in [0, 0.1) is 0 Å². The molecule has 0 amide bonds. The van der Waals surface area contributed by atoms with Crippen molar-refractivity contribution in [3.8, 4) is 5.75 Å². The van der Waals surface area contributed by atoms with Crippen LogP contribution in [0.1, 0.15) is 346 Å². The summed E-state index contributed by atoms with van der Waals surface area (Å²) < 4.78 is 11.6. The number of ether oxygens (including phenoxy) is 1. The van der Waals surface area contributed by atoms with Gasteiger partial charge in [-0.1, -0.05) is 416 Å². The van der Waals surface area contributed by atoms with Crippen molar-refractivity contribution < 1.29 is 9.15 Å². The molecule has 11 nitrogen and oxygen atoms in total. The molecule has 0 bridgehead atoms. The van der Waals surface area contributed by atoms with E-state index in [9.17, 15) is 0 Å². The molecule has 0 spiro atoms. The first kappa shape index (κ1) is 141. The Bertz CT molecular complexity index is 3520. The fourth-order valence-corrected chi connectivity index (χ4v) is 12.9. The standard InChI is InChI=1S/C9H10.3C8H9N.C8H8O.C8H8S.2C7H6N2.C7H5NO.C7H5NS.20C2H6/c1-2-5-9-7-3-6-8(9)4-1;1-3-7-4-2-6-9-8(7)5-1;1-2-7-4-5-9-6-8(7)3-1;3*1-2-4-8-7(3-1)5-6-9-8;1-2-4-7-6(3-1)8-5-9-7;1-2-4-7-6(3-1)5-8-9-7;2*1-2-4-7-6(3-1)8-5-9-7;20*1-2/h1-2,4-5H,3,6-7H2;2,4,6H,1,3,5H2;4-6H,1-3H2;1-4,9H,5-6H2;2*1-4H,5-6H2;2*1-5H,(H,8,9);2*1-5H;20*1-2H3. The third-order valence-electron chi connectivity index (χ3n) is 15.8. The fraction of sp³-hybridized carbons (Fsp3) is 0.470. The van der Waals surface area contributed by atoms with E-state index in [-0.39, 0.29) is 0 Å². The summed E-state index contributed by atoms with van der Waals surface area (Å²) in [4.78, 5) is 25.0. The molecule has 0 atom stereocenters. The van der Waals surface area contributed by atoms with Gasteiger partial charge >= 0.3 is 0 Å². The van der Waals surface area contributed by atoms with Crippen LogP contribution in [0.5, 0.6) is 5.75 Å². The van der Waals surface area contributed by atoms with Crippen molar-refractivity contribution in [1.29, 1.82) is 0 Å². The molecule has 130 heavy (non-hydrogen) atoms. The molecule has 6 aromatic heterocycles. The number of thioether (sulfide) groups is 1. The summed E-state index contributed by atoms with van der Waals surface area (Å²) in [5.41, 5.74) is 22.5. The van der Waals surface area contributed by atoms with Crippen molar-refractivity contribution >= 4 is 72.0 Å². The molecule has 14 aromatic rings. The van der Waals surface area contributed by atoms with Crippen molar-refractivity contribution in [1.82, 2.24) is 40.1 Å². The Labute approximate surface area is 810 Å². The number of oxazole rings is 1. The summed E-state index contributed by atoms with van der Waals surface area (Å²) in [5, 5.41) is 11.2. The maximum absolute atomic E-state index is 5.30. The zero-order chi connectivity index (χ0) is 101. The van der Waals surface area contributed by atoms with Crippen molar-refractivity contribution in [2.75, 3.05) is 24.2 Å². The molecule has 3 N–H and O–H groups in total. The van der Waals surface area contributed by atoms with E-state index in [4.69, 9.17) is 9.15 Å². The Morgan fingerprint density at radius 1 is 0.315 bits per heavy atom. The van der Waals surface area contributed by atoms with Gasteiger partial charge in [0.05, 0.1) is 51.4 Å². The minimum absolute atomic E-state index is 0.845. The van der Waals surface area contributed by atoms with Crippen molar-refractivity contribution in [3.63, 3.8) is 0 Å². The van der Waals surface area contributed by atoms with Gasteiger partial charge in [-0.05, 0) is 188 Å². The Morgan fingerprint density at radius 3 is 1.30 bits per heavy atom. The molecule has 9 heterocycles. The summed E-state index contributed by atoms with van der Waals surface area (Å²) in [6, 6.07) is 72.1. The molecule has 13 heteroatoms. The summed E-state index contributed by atoms with van der Waals surface area (Å²) in [5.74, 6) is 2.34. The largest absolute Gasteiger partial charge is 0.493 e. The Kier molecular flexibility index (Phi) is 125. The molecule has 0 saturated carbocycles. The van der Waals surface area contributed by atoms with Gasteiger partial charge in [-0.2, -0.15) is 5.10 Å². The van der Waals surface area contributed by atoms with Gasteiger partial charge in [-0.25, -0.2) is 15.0 Å². The third kappa shape index (κ3) is 63.4. The van der Waals surface area contributed by atoms with Crippen LogP contribution in [0.3, 0.4) is 0 Å². The van der Waals surface area contributed by atoms with Crippen LogP contribution in [-0.4, -0.2) is 59.0 Å². The van der Waals surface area contributed by atoms with Crippen LogP contribution < -0.4 is 10.1 Å². The maximum Gasteiger partial charge on any atom is 0.181 e. The van der Waals surface area contributed by atoms with E-state index >= 15 is 0 Å². The highest BCUT2D eigenvalue weighted by Crippen LogP contribution is 2.30. The predicted octanol–water partition coefficient (Wildman–Crippen LogP) is 38.7. The molecule has 3 aliphatic carbocycles. The normalized spacial score (nSPS) is 10.1. The number of thiazole rings is 1. The van der Waals surface area contributed by atoms with Gasteiger partial charge in [0.2, 0.25) is 0 Å². The van der Waals surface area contributed by atoms with Crippen LogP contribution in [0.4, 0.5) is 5.69 Å². The number of para-hydroxylation sites is 8. The van der Waals surface area contributed by atoms with Crippen molar-refractivity contribution in [2.45, 2.75) is 359 Å². The fourth-order valence-electron chi connectivity index (χ4n) is 11.1. The number of hydrogen-bond donors (Lipinski definition) is 3. The highest BCUT2D eigenvalue weighted by Gasteiger charge is 2.12. The van der Waals surface area contributed by atoms with Gasteiger partial charge in [0, 0.05) is 59.0 Å². The minimum atomic E-state index is 0.845. The molecule has 8 aromatic carbocycles. The van der Waals surface area contributed by atoms with E-state index in [0.29, 0.717) is 0 Å². The Balaban J connectivity index is -0.000000147. The summed E-state index contributed by atoms with van der Waals surface area (Å²) in [6.07, 6.45) is 25.8. The van der Waals surface area contributed by atoms with Crippen molar-refractivity contribution in [3.05, 3.63) is 306 Å². The van der Waals surface area contributed by atoms with Crippen LogP contribution in [0.25, 0.3) is 43.3 Å². The molecule has 0 radical (unpaired) electrons. The maximum atomic E-state index is 5.30. The van der Waals surface area contributed by atoms with Crippen molar-refractivity contribution in [2.24, 2.45) is 0 Å². The lowest BCUT2D eigenvalue weighted by molar-refractivity contribution is 0.357. The first-order valence-corrected chi connectivity index (χ1v) is 53.0.